The molecule has 0 unspecified atom stereocenters. The molecule has 0 amide bonds. The number of halogens is 3. The molecule has 0 fully saturated rings. The SMILES string of the molecule is CC(C)(O)CS(=O)(=O)c1cc(Br)ccc1C(F)F. The number of benzene rings is 1. The molecule has 18 heavy (non-hydrogen) atoms. The van der Waals surface area contributed by atoms with Crippen molar-refractivity contribution in [3.05, 3.63) is 28.2 Å². The van der Waals surface area contributed by atoms with Crippen molar-refractivity contribution in [2.75, 3.05) is 5.75 Å². The first-order valence-corrected chi connectivity index (χ1v) is 7.50. The third-order valence-corrected chi connectivity index (χ3v) is 4.69. The second kappa shape index (κ2) is 5.22. The van der Waals surface area contributed by atoms with E-state index in [2.05, 4.69) is 15.9 Å². The van der Waals surface area contributed by atoms with Gasteiger partial charge in [0.2, 0.25) is 0 Å². The van der Waals surface area contributed by atoms with Crippen molar-refractivity contribution < 1.29 is 22.3 Å². The Kier molecular flexibility index (Phi) is 4.51. The predicted molar refractivity (Wildman–Crippen MR) is 67.4 cm³/mol. The van der Waals surface area contributed by atoms with Gasteiger partial charge in [-0.05, 0) is 26.0 Å². The molecule has 7 heteroatoms. The van der Waals surface area contributed by atoms with Gasteiger partial charge in [0, 0.05) is 10.0 Å². The topological polar surface area (TPSA) is 54.4 Å². The van der Waals surface area contributed by atoms with Crippen LogP contribution in [-0.4, -0.2) is 24.9 Å². The quantitative estimate of drug-likeness (QED) is 0.915. The average molecular weight is 343 g/mol. The number of alkyl halides is 2. The van der Waals surface area contributed by atoms with Crippen molar-refractivity contribution in [2.45, 2.75) is 30.8 Å². The molecule has 102 valence electrons. The van der Waals surface area contributed by atoms with E-state index in [0.717, 1.165) is 12.1 Å². The van der Waals surface area contributed by atoms with Crippen LogP contribution in [0.2, 0.25) is 0 Å². The van der Waals surface area contributed by atoms with Crippen LogP contribution in [0.5, 0.6) is 0 Å². The average Bonchev–Trinajstić information content (AvgIpc) is 2.13. The zero-order valence-corrected chi connectivity index (χ0v) is 12.2. The second-order valence-electron chi connectivity index (χ2n) is 4.55. The van der Waals surface area contributed by atoms with Gasteiger partial charge in [0.15, 0.2) is 9.84 Å². The molecule has 1 rings (SSSR count). The highest BCUT2D eigenvalue weighted by Gasteiger charge is 2.29. The van der Waals surface area contributed by atoms with Crippen LogP contribution in [0, 0.1) is 0 Å². The minimum atomic E-state index is -3.98. The molecule has 0 aliphatic carbocycles. The van der Waals surface area contributed by atoms with E-state index in [4.69, 9.17) is 0 Å². The summed E-state index contributed by atoms with van der Waals surface area (Å²) in [5.41, 5.74) is -2.04. The molecular formula is C11H13BrF2O3S. The lowest BCUT2D eigenvalue weighted by atomic mass is 10.2. The maximum atomic E-state index is 12.8. The fraction of sp³-hybridized carbons (Fsp3) is 0.455. The van der Waals surface area contributed by atoms with E-state index in [-0.39, 0.29) is 0 Å². The van der Waals surface area contributed by atoms with Crippen LogP contribution in [0.25, 0.3) is 0 Å². The van der Waals surface area contributed by atoms with Crippen LogP contribution < -0.4 is 0 Å². The maximum Gasteiger partial charge on any atom is 0.265 e. The number of sulfone groups is 1. The maximum absolute atomic E-state index is 12.8. The Bertz CT molecular complexity index is 536. The summed E-state index contributed by atoms with van der Waals surface area (Å²) in [4.78, 5) is -0.450. The molecule has 0 radical (unpaired) electrons. The van der Waals surface area contributed by atoms with Gasteiger partial charge in [0.1, 0.15) is 0 Å². The van der Waals surface area contributed by atoms with Gasteiger partial charge >= 0.3 is 0 Å². The summed E-state index contributed by atoms with van der Waals surface area (Å²) >= 11 is 3.05. The molecule has 1 aromatic carbocycles. The van der Waals surface area contributed by atoms with E-state index in [1.54, 1.807) is 0 Å². The summed E-state index contributed by atoms with van der Waals surface area (Å²) in [5.74, 6) is -0.615. The summed E-state index contributed by atoms with van der Waals surface area (Å²) < 4.78 is 50.0. The minimum Gasteiger partial charge on any atom is -0.389 e. The Morgan fingerprint density at radius 3 is 2.39 bits per heavy atom. The van der Waals surface area contributed by atoms with Gasteiger partial charge in [0.25, 0.3) is 6.43 Å². The van der Waals surface area contributed by atoms with Gasteiger partial charge < -0.3 is 5.11 Å². The van der Waals surface area contributed by atoms with Crippen molar-refractivity contribution >= 4 is 25.8 Å². The molecule has 0 heterocycles. The minimum absolute atomic E-state index is 0.390. The fourth-order valence-corrected chi connectivity index (χ4v) is 3.92. The first-order valence-electron chi connectivity index (χ1n) is 5.06. The van der Waals surface area contributed by atoms with Crippen molar-refractivity contribution in [1.29, 1.82) is 0 Å². The van der Waals surface area contributed by atoms with E-state index >= 15 is 0 Å². The Morgan fingerprint density at radius 2 is 1.94 bits per heavy atom. The van der Waals surface area contributed by atoms with E-state index in [1.165, 1.54) is 19.9 Å². The molecule has 0 aliphatic rings. The summed E-state index contributed by atoms with van der Waals surface area (Å²) in [6, 6.07) is 3.54. The van der Waals surface area contributed by atoms with Gasteiger partial charge in [-0.25, -0.2) is 17.2 Å². The number of hydrogen-bond acceptors (Lipinski definition) is 3. The van der Waals surface area contributed by atoms with E-state index in [1.807, 2.05) is 0 Å². The summed E-state index contributed by atoms with van der Waals surface area (Å²) in [7, 11) is -3.98. The zero-order chi connectivity index (χ0) is 14.1. The van der Waals surface area contributed by atoms with Crippen LogP contribution in [0.4, 0.5) is 8.78 Å². The highest BCUT2D eigenvalue weighted by Crippen LogP contribution is 2.30. The van der Waals surface area contributed by atoms with Crippen LogP contribution in [0.15, 0.2) is 27.6 Å². The van der Waals surface area contributed by atoms with Crippen LogP contribution >= 0.6 is 15.9 Å². The van der Waals surface area contributed by atoms with Gasteiger partial charge in [-0.15, -0.1) is 0 Å². The number of rotatable bonds is 4. The predicted octanol–water partition coefficient (Wildman–Crippen LogP) is 2.93. The second-order valence-corrected chi connectivity index (χ2v) is 7.43. The lowest BCUT2D eigenvalue weighted by molar-refractivity contribution is 0.104. The van der Waals surface area contributed by atoms with E-state index in [9.17, 15) is 22.3 Å². The summed E-state index contributed by atoms with van der Waals surface area (Å²) in [6.45, 7) is 2.62. The Morgan fingerprint density at radius 1 is 1.39 bits per heavy atom. The first-order chi connectivity index (χ1) is 8.03. The standard InChI is InChI=1S/C11H13BrF2O3S/c1-11(2,15)6-18(16,17)9-5-7(12)3-4-8(9)10(13)14/h3-5,10,15H,6H2,1-2H3. The molecule has 0 saturated heterocycles. The molecular weight excluding hydrogens is 330 g/mol. The third-order valence-electron chi connectivity index (χ3n) is 2.09. The Labute approximate surface area is 113 Å². The molecule has 3 nitrogen and oxygen atoms in total. The lowest BCUT2D eigenvalue weighted by Crippen LogP contribution is -2.30. The molecule has 0 atom stereocenters. The lowest BCUT2D eigenvalue weighted by Gasteiger charge is -2.18. The monoisotopic (exact) mass is 342 g/mol. The normalized spacial score (nSPS) is 13.1. The first kappa shape index (κ1) is 15.5. The molecule has 0 saturated carbocycles. The Balaban J connectivity index is 3.35. The molecule has 0 bridgehead atoms. The van der Waals surface area contributed by atoms with Crippen LogP contribution in [0.1, 0.15) is 25.8 Å². The number of aliphatic hydroxyl groups is 1. The van der Waals surface area contributed by atoms with E-state index in [0.29, 0.717) is 4.47 Å². The largest absolute Gasteiger partial charge is 0.389 e. The highest BCUT2D eigenvalue weighted by atomic mass is 79.9. The van der Waals surface area contributed by atoms with Crippen LogP contribution in [-0.2, 0) is 9.84 Å². The summed E-state index contributed by atoms with van der Waals surface area (Å²) in [5, 5.41) is 9.53. The third kappa shape index (κ3) is 4.00. The molecule has 0 spiro atoms. The van der Waals surface area contributed by atoms with Crippen molar-refractivity contribution in [1.82, 2.24) is 0 Å². The fourth-order valence-electron chi connectivity index (χ4n) is 1.50. The number of hydrogen-bond donors (Lipinski definition) is 1. The van der Waals surface area contributed by atoms with Gasteiger partial charge in [-0.1, -0.05) is 22.0 Å². The van der Waals surface area contributed by atoms with Gasteiger partial charge in [-0.3, -0.25) is 0 Å². The van der Waals surface area contributed by atoms with Crippen molar-refractivity contribution in [3.63, 3.8) is 0 Å². The van der Waals surface area contributed by atoms with Crippen molar-refractivity contribution in [3.8, 4) is 0 Å². The Hall–Kier alpha value is -0.530. The molecule has 1 aromatic rings. The molecule has 0 aliphatic heterocycles. The highest BCUT2D eigenvalue weighted by molar-refractivity contribution is 9.10. The smallest absolute Gasteiger partial charge is 0.265 e. The van der Waals surface area contributed by atoms with Gasteiger partial charge in [-0.2, -0.15) is 0 Å². The summed E-state index contributed by atoms with van der Waals surface area (Å²) in [6.07, 6.45) is -2.88. The molecule has 1 N–H and O–H groups in total. The zero-order valence-electron chi connectivity index (χ0n) is 9.82. The van der Waals surface area contributed by atoms with Crippen molar-refractivity contribution in [2.24, 2.45) is 0 Å². The molecule has 0 aromatic heterocycles. The van der Waals surface area contributed by atoms with Crippen LogP contribution in [0.3, 0.4) is 0 Å². The van der Waals surface area contributed by atoms with Gasteiger partial charge in [0.05, 0.1) is 16.2 Å². The van der Waals surface area contributed by atoms with E-state index < -0.39 is 38.1 Å².